The lowest BCUT2D eigenvalue weighted by atomic mass is 10.2. The summed E-state index contributed by atoms with van der Waals surface area (Å²) in [6.45, 7) is 1.48. The number of furan rings is 1. The van der Waals surface area contributed by atoms with E-state index in [1.165, 1.54) is 6.07 Å². The van der Waals surface area contributed by atoms with Crippen molar-refractivity contribution in [3.8, 4) is 11.5 Å². The number of carbonyl (C=O) groups is 2. The van der Waals surface area contributed by atoms with Crippen molar-refractivity contribution in [2.24, 2.45) is 0 Å². The van der Waals surface area contributed by atoms with E-state index >= 15 is 0 Å². The van der Waals surface area contributed by atoms with Gasteiger partial charge in [0.1, 0.15) is 28.6 Å². The third kappa shape index (κ3) is 4.50. The first-order valence-corrected chi connectivity index (χ1v) is 6.85. The topological polar surface area (TPSA) is 98.0 Å². The summed E-state index contributed by atoms with van der Waals surface area (Å²) >= 11 is 0. The summed E-state index contributed by atoms with van der Waals surface area (Å²) in [6.07, 6.45) is 0. The first kappa shape index (κ1) is 16.4. The third-order valence-electron chi connectivity index (χ3n) is 3.07. The van der Waals surface area contributed by atoms with E-state index in [0.29, 0.717) is 23.0 Å². The van der Waals surface area contributed by atoms with Gasteiger partial charge < -0.3 is 24.3 Å². The van der Waals surface area contributed by atoms with Crippen LogP contribution >= 0.6 is 0 Å². The smallest absolute Gasteiger partial charge is 0.339 e. The van der Waals surface area contributed by atoms with Crippen LogP contribution in [-0.4, -0.2) is 30.7 Å². The predicted molar refractivity (Wildman–Crippen MR) is 80.7 cm³/mol. The van der Waals surface area contributed by atoms with Gasteiger partial charge in [-0.15, -0.1) is 0 Å². The van der Waals surface area contributed by atoms with Gasteiger partial charge in [-0.25, -0.2) is 4.79 Å². The molecule has 0 saturated carbocycles. The SMILES string of the molecule is COc1cccc(OCC(=O)NCc2cc(C(=O)O)c(C)o2)c1. The molecule has 122 valence electrons. The molecule has 1 aromatic heterocycles. The molecule has 0 atom stereocenters. The minimum absolute atomic E-state index is 0.0851. The molecule has 2 N–H and O–H groups in total. The number of ether oxygens (including phenoxy) is 2. The van der Waals surface area contributed by atoms with E-state index < -0.39 is 5.97 Å². The molecular weight excluding hydrogens is 302 g/mol. The molecule has 0 aliphatic rings. The standard InChI is InChI=1S/C16H17NO6/c1-10-14(16(19)20)7-13(23-10)8-17-15(18)9-22-12-5-3-4-11(6-12)21-2/h3-7H,8-9H2,1-2H3,(H,17,18)(H,19,20). The molecule has 0 aliphatic heterocycles. The molecule has 0 saturated heterocycles. The van der Waals surface area contributed by atoms with E-state index in [0.717, 1.165) is 0 Å². The fraction of sp³-hybridized carbons (Fsp3) is 0.250. The number of aromatic carboxylic acids is 1. The van der Waals surface area contributed by atoms with Crippen molar-refractivity contribution in [3.05, 3.63) is 47.4 Å². The largest absolute Gasteiger partial charge is 0.497 e. The van der Waals surface area contributed by atoms with Gasteiger partial charge in [-0.3, -0.25) is 4.79 Å². The number of methoxy groups -OCH3 is 1. The summed E-state index contributed by atoms with van der Waals surface area (Å²) in [5.74, 6) is 0.407. The van der Waals surface area contributed by atoms with Crippen LogP contribution in [0.5, 0.6) is 11.5 Å². The van der Waals surface area contributed by atoms with Gasteiger partial charge in [0.25, 0.3) is 5.91 Å². The zero-order valence-corrected chi connectivity index (χ0v) is 12.8. The van der Waals surface area contributed by atoms with Crippen LogP contribution in [0, 0.1) is 6.92 Å². The van der Waals surface area contributed by atoms with Crippen molar-refractivity contribution in [1.82, 2.24) is 5.32 Å². The molecule has 0 bridgehead atoms. The molecule has 1 aromatic carbocycles. The summed E-state index contributed by atoms with van der Waals surface area (Å²) in [4.78, 5) is 22.7. The molecule has 1 heterocycles. The highest BCUT2D eigenvalue weighted by molar-refractivity contribution is 5.88. The number of amides is 1. The highest BCUT2D eigenvalue weighted by atomic mass is 16.5. The molecule has 0 fully saturated rings. The van der Waals surface area contributed by atoms with Crippen molar-refractivity contribution < 1.29 is 28.6 Å². The van der Waals surface area contributed by atoms with Crippen LogP contribution in [0.3, 0.4) is 0 Å². The van der Waals surface area contributed by atoms with Gasteiger partial charge >= 0.3 is 5.97 Å². The summed E-state index contributed by atoms with van der Waals surface area (Å²) in [5.41, 5.74) is 0.0851. The Morgan fingerprint density at radius 2 is 2.00 bits per heavy atom. The number of benzene rings is 1. The van der Waals surface area contributed by atoms with Gasteiger partial charge in [-0.05, 0) is 25.1 Å². The quantitative estimate of drug-likeness (QED) is 0.810. The fourth-order valence-electron chi connectivity index (χ4n) is 1.92. The Labute approximate surface area is 132 Å². The van der Waals surface area contributed by atoms with Crippen molar-refractivity contribution in [2.75, 3.05) is 13.7 Å². The lowest BCUT2D eigenvalue weighted by Crippen LogP contribution is -2.28. The van der Waals surface area contributed by atoms with E-state index in [9.17, 15) is 9.59 Å². The molecule has 7 heteroatoms. The second-order valence-electron chi connectivity index (χ2n) is 4.73. The van der Waals surface area contributed by atoms with E-state index in [1.807, 2.05) is 0 Å². The molecule has 7 nitrogen and oxygen atoms in total. The first-order valence-electron chi connectivity index (χ1n) is 6.85. The highest BCUT2D eigenvalue weighted by Gasteiger charge is 2.14. The van der Waals surface area contributed by atoms with E-state index in [2.05, 4.69) is 5.32 Å². The van der Waals surface area contributed by atoms with Crippen LogP contribution in [0.25, 0.3) is 0 Å². The fourth-order valence-corrected chi connectivity index (χ4v) is 1.92. The molecule has 0 spiro atoms. The zero-order valence-electron chi connectivity index (χ0n) is 12.8. The Kier molecular flexibility index (Phi) is 5.24. The van der Waals surface area contributed by atoms with Crippen LogP contribution in [0.4, 0.5) is 0 Å². The molecule has 0 aliphatic carbocycles. The monoisotopic (exact) mass is 319 g/mol. The first-order chi connectivity index (χ1) is 11.0. The summed E-state index contributed by atoms with van der Waals surface area (Å²) in [5, 5.41) is 11.5. The number of rotatable bonds is 7. The average Bonchev–Trinajstić information content (AvgIpc) is 2.92. The third-order valence-corrected chi connectivity index (χ3v) is 3.07. The number of hydrogen-bond acceptors (Lipinski definition) is 5. The van der Waals surface area contributed by atoms with E-state index in [-0.39, 0.29) is 24.6 Å². The lowest BCUT2D eigenvalue weighted by molar-refractivity contribution is -0.123. The van der Waals surface area contributed by atoms with Gasteiger partial charge in [0.15, 0.2) is 6.61 Å². The Bertz CT molecular complexity index is 706. The van der Waals surface area contributed by atoms with Crippen LogP contribution in [0.15, 0.2) is 34.7 Å². The summed E-state index contributed by atoms with van der Waals surface area (Å²) < 4.78 is 15.7. The van der Waals surface area contributed by atoms with E-state index in [4.69, 9.17) is 19.0 Å². The van der Waals surface area contributed by atoms with Gasteiger partial charge in [0, 0.05) is 6.07 Å². The Morgan fingerprint density at radius 3 is 2.65 bits per heavy atom. The number of carboxylic acids is 1. The van der Waals surface area contributed by atoms with Crippen LogP contribution in [0.1, 0.15) is 21.9 Å². The number of carboxylic acid groups (broad SMARTS) is 1. The van der Waals surface area contributed by atoms with Crippen molar-refractivity contribution in [1.29, 1.82) is 0 Å². The Hall–Kier alpha value is -2.96. The molecule has 23 heavy (non-hydrogen) atoms. The second kappa shape index (κ2) is 7.35. The maximum absolute atomic E-state index is 11.7. The molecule has 0 unspecified atom stereocenters. The minimum atomic E-state index is -1.06. The van der Waals surface area contributed by atoms with Crippen LogP contribution < -0.4 is 14.8 Å². The maximum Gasteiger partial charge on any atom is 0.339 e. The van der Waals surface area contributed by atoms with E-state index in [1.54, 1.807) is 38.3 Å². The number of nitrogens with one attached hydrogen (secondary N) is 1. The van der Waals surface area contributed by atoms with Crippen molar-refractivity contribution in [2.45, 2.75) is 13.5 Å². The zero-order chi connectivity index (χ0) is 16.8. The normalized spacial score (nSPS) is 10.2. The molecule has 1 amide bonds. The predicted octanol–water partition coefficient (Wildman–Crippen LogP) is 1.99. The lowest BCUT2D eigenvalue weighted by Gasteiger charge is -2.07. The number of carbonyl (C=O) groups excluding carboxylic acids is 1. The Balaban J connectivity index is 1.83. The van der Waals surface area contributed by atoms with Gasteiger partial charge in [-0.1, -0.05) is 6.07 Å². The number of aryl methyl sites for hydroxylation is 1. The minimum Gasteiger partial charge on any atom is -0.497 e. The Morgan fingerprint density at radius 1 is 1.26 bits per heavy atom. The van der Waals surface area contributed by atoms with Crippen molar-refractivity contribution in [3.63, 3.8) is 0 Å². The highest BCUT2D eigenvalue weighted by Crippen LogP contribution is 2.18. The average molecular weight is 319 g/mol. The van der Waals surface area contributed by atoms with Gasteiger partial charge in [0.05, 0.1) is 13.7 Å². The van der Waals surface area contributed by atoms with Crippen molar-refractivity contribution >= 4 is 11.9 Å². The van der Waals surface area contributed by atoms with Crippen LogP contribution in [0.2, 0.25) is 0 Å². The molecule has 2 aromatic rings. The van der Waals surface area contributed by atoms with Crippen LogP contribution in [-0.2, 0) is 11.3 Å². The summed E-state index contributed by atoms with van der Waals surface area (Å²) in [7, 11) is 1.54. The number of hydrogen-bond donors (Lipinski definition) is 2. The molecule has 2 rings (SSSR count). The second-order valence-corrected chi connectivity index (χ2v) is 4.73. The van der Waals surface area contributed by atoms with Gasteiger partial charge in [0.2, 0.25) is 0 Å². The molecular formula is C16H17NO6. The maximum atomic E-state index is 11.7. The molecule has 0 radical (unpaired) electrons. The van der Waals surface area contributed by atoms with Gasteiger partial charge in [-0.2, -0.15) is 0 Å². The summed E-state index contributed by atoms with van der Waals surface area (Å²) in [6, 6.07) is 8.30.